The van der Waals surface area contributed by atoms with Crippen molar-refractivity contribution in [3.63, 3.8) is 0 Å². The standard InChI is InChI=1S/C26H24N4O4S2/c1-33-19-7-3-17(4-8-19)15-21-23(31)27-25(35-21)29-11-13-30(14-12-29)26-28-24(32)22(36-26)16-18-5-9-20(34-2)10-6-18/h3-10,15-16H,11-14H2,1-2H3. The first-order valence-electron chi connectivity index (χ1n) is 11.4. The normalized spacial score (nSPS) is 20.3. The monoisotopic (exact) mass is 520 g/mol. The van der Waals surface area contributed by atoms with E-state index < -0.39 is 0 Å². The van der Waals surface area contributed by atoms with Crippen molar-refractivity contribution >= 4 is 57.8 Å². The molecule has 10 heteroatoms. The summed E-state index contributed by atoms with van der Waals surface area (Å²) in [5.41, 5.74) is 1.85. The Morgan fingerprint density at radius 1 is 0.667 bits per heavy atom. The molecule has 0 aliphatic carbocycles. The molecule has 0 aromatic heterocycles. The van der Waals surface area contributed by atoms with Gasteiger partial charge in [0.05, 0.1) is 24.0 Å². The molecule has 0 bridgehead atoms. The summed E-state index contributed by atoms with van der Waals surface area (Å²) in [6.07, 6.45) is 3.71. The Hall–Kier alpha value is -3.50. The lowest BCUT2D eigenvalue weighted by atomic mass is 10.2. The van der Waals surface area contributed by atoms with Crippen molar-refractivity contribution in [2.75, 3.05) is 40.4 Å². The second-order valence-corrected chi connectivity index (χ2v) is 10.2. The summed E-state index contributed by atoms with van der Waals surface area (Å²) >= 11 is 2.80. The van der Waals surface area contributed by atoms with Gasteiger partial charge in [0.25, 0.3) is 11.8 Å². The molecule has 0 radical (unpaired) electrons. The third-order valence-corrected chi connectivity index (χ3v) is 7.96. The van der Waals surface area contributed by atoms with E-state index >= 15 is 0 Å². The molecule has 3 aliphatic heterocycles. The number of ether oxygens (including phenoxy) is 2. The Kier molecular flexibility index (Phi) is 7.15. The maximum Gasteiger partial charge on any atom is 0.286 e. The highest BCUT2D eigenvalue weighted by Gasteiger charge is 2.32. The summed E-state index contributed by atoms with van der Waals surface area (Å²) < 4.78 is 10.4. The van der Waals surface area contributed by atoms with E-state index in [0.29, 0.717) is 36.0 Å². The highest BCUT2D eigenvalue weighted by molar-refractivity contribution is 8.18. The minimum Gasteiger partial charge on any atom is -0.497 e. The second-order valence-electron chi connectivity index (χ2n) is 8.14. The first-order valence-corrected chi connectivity index (χ1v) is 13.0. The summed E-state index contributed by atoms with van der Waals surface area (Å²) in [4.78, 5) is 38.9. The van der Waals surface area contributed by atoms with E-state index in [0.717, 1.165) is 33.0 Å². The number of nitrogens with zero attached hydrogens (tertiary/aromatic N) is 4. The molecule has 0 unspecified atom stereocenters. The number of piperazine rings is 1. The third kappa shape index (κ3) is 5.34. The van der Waals surface area contributed by atoms with Crippen LogP contribution in [0.2, 0.25) is 0 Å². The lowest BCUT2D eigenvalue weighted by Gasteiger charge is -2.35. The number of hydrogen-bond acceptors (Lipinski definition) is 8. The van der Waals surface area contributed by atoms with Crippen LogP contribution < -0.4 is 9.47 Å². The van der Waals surface area contributed by atoms with Crippen LogP contribution in [0.3, 0.4) is 0 Å². The van der Waals surface area contributed by atoms with Gasteiger partial charge in [-0.1, -0.05) is 24.3 Å². The Morgan fingerprint density at radius 3 is 1.36 bits per heavy atom. The van der Waals surface area contributed by atoms with Gasteiger partial charge in [-0.05, 0) is 71.1 Å². The van der Waals surface area contributed by atoms with E-state index in [4.69, 9.17) is 9.47 Å². The van der Waals surface area contributed by atoms with Crippen molar-refractivity contribution in [1.29, 1.82) is 0 Å². The molecule has 3 aliphatic rings. The average Bonchev–Trinajstić information content (AvgIpc) is 3.47. The molecule has 1 saturated heterocycles. The molecular weight excluding hydrogens is 496 g/mol. The number of benzene rings is 2. The minimum absolute atomic E-state index is 0.220. The molecule has 2 amide bonds. The topological polar surface area (TPSA) is 83.8 Å². The number of thioether (sulfide) groups is 2. The van der Waals surface area contributed by atoms with Gasteiger partial charge in [-0.25, -0.2) is 0 Å². The van der Waals surface area contributed by atoms with Crippen LogP contribution in [-0.2, 0) is 9.59 Å². The SMILES string of the molecule is COc1ccc(C=C2SC(N3CCN(C4=NC(=O)C(=Cc5ccc(OC)cc5)S4)CC3)=NC2=O)cc1. The van der Waals surface area contributed by atoms with Crippen LogP contribution in [0.25, 0.3) is 12.2 Å². The molecule has 36 heavy (non-hydrogen) atoms. The molecule has 3 heterocycles. The van der Waals surface area contributed by atoms with Gasteiger partial charge in [-0.2, -0.15) is 9.98 Å². The first kappa shape index (κ1) is 24.2. The Bertz CT molecular complexity index is 1190. The molecular formula is C26H24N4O4S2. The quantitative estimate of drug-likeness (QED) is 0.561. The van der Waals surface area contributed by atoms with Gasteiger partial charge in [0.15, 0.2) is 10.3 Å². The summed E-state index contributed by atoms with van der Waals surface area (Å²) in [5, 5.41) is 1.44. The number of hydrogen-bond donors (Lipinski definition) is 0. The van der Waals surface area contributed by atoms with Gasteiger partial charge in [0, 0.05) is 26.2 Å². The number of methoxy groups -OCH3 is 2. The van der Waals surface area contributed by atoms with Crippen LogP contribution in [0.4, 0.5) is 0 Å². The van der Waals surface area contributed by atoms with Crippen LogP contribution in [0, 0.1) is 0 Å². The minimum atomic E-state index is -0.220. The van der Waals surface area contributed by atoms with Gasteiger partial charge in [0.1, 0.15) is 11.5 Å². The summed E-state index contributed by atoms with van der Waals surface area (Å²) in [6, 6.07) is 15.1. The fraction of sp³-hybridized carbons (Fsp3) is 0.231. The zero-order valence-electron chi connectivity index (χ0n) is 19.8. The zero-order valence-corrected chi connectivity index (χ0v) is 21.5. The van der Waals surface area contributed by atoms with Crippen LogP contribution >= 0.6 is 23.5 Å². The Balaban J connectivity index is 1.17. The van der Waals surface area contributed by atoms with Crippen molar-refractivity contribution in [3.8, 4) is 11.5 Å². The van der Waals surface area contributed by atoms with Gasteiger partial charge < -0.3 is 19.3 Å². The first-order chi connectivity index (χ1) is 17.5. The van der Waals surface area contributed by atoms with Gasteiger partial charge in [-0.15, -0.1) is 0 Å². The number of rotatable bonds is 4. The van der Waals surface area contributed by atoms with E-state index in [1.807, 2.05) is 60.7 Å². The number of aliphatic imine (C=N–C) groups is 2. The largest absolute Gasteiger partial charge is 0.497 e. The van der Waals surface area contributed by atoms with Crippen molar-refractivity contribution < 1.29 is 19.1 Å². The Morgan fingerprint density at radius 2 is 1.03 bits per heavy atom. The molecule has 0 N–H and O–H groups in total. The van der Waals surface area contributed by atoms with E-state index in [2.05, 4.69) is 19.8 Å². The highest BCUT2D eigenvalue weighted by Crippen LogP contribution is 2.33. The molecule has 0 atom stereocenters. The van der Waals surface area contributed by atoms with E-state index in [1.165, 1.54) is 23.5 Å². The molecule has 1 fully saturated rings. The predicted octanol–water partition coefficient (Wildman–Crippen LogP) is 3.96. The molecule has 2 aromatic rings. The maximum atomic E-state index is 12.5. The van der Waals surface area contributed by atoms with Crippen LogP contribution in [0.15, 0.2) is 68.3 Å². The van der Waals surface area contributed by atoms with E-state index in [-0.39, 0.29) is 11.8 Å². The van der Waals surface area contributed by atoms with Crippen molar-refractivity contribution in [3.05, 3.63) is 69.5 Å². The summed E-state index contributed by atoms with van der Waals surface area (Å²) in [5.74, 6) is 1.10. The van der Waals surface area contributed by atoms with Gasteiger partial charge in [0.2, 0.25) is 0 Å². The van der Waals surface area contributed by atoms with Crippen LogP contribution in [0.5, 0.6) is 11.5 Å². The van der Waals surface area contributed by atoms with Crippen molar-refractivity contribution in [2.24, 2.45) is 9.98 Å². The number of amides is 2. The Labute approximate surface area is 217 Å². The predicted molar refractivity (Wildman–Crippen MR) is 145 cm³/mol. The van der Waals surface area contributed by atoms with Crippen molar-refractivity contribution in [2.45, 2.75) is 0 Å². The number of amidine groups is 2. The van der Waals surface area contributed by atoms with E-state index in [1.54, 1.807) is 14.2 Å². The van der Waals surface area contributed by atoms with Crippen molar-refractivity contribution in [1.82, 2.24) is 9.80 Å². The summed E-state index contributed by atoms with van der Waals surface area (Å²) in [7, 11) is 3.25. The lowest BCUT2D eigenvalue weighted by molar-refractivity contribution is -0.114. The van der Waals surface area contributed by atoms with Crippen LogP contribution in [0.1, 0.15) is 11.1 Å². The fourth-order valence-electron chi connectivity index (χ4n) is 3.86. The number of carbonyl (C=O) groups excluding carboxylic acids is 2. The fourth-order valence-corrected chi connectivity index (χ4v) is 5.79. The highest BCUT2D eigenvalue weighted by atomic mass is 32.2. The molecule has 0 spiro atoms. The van der Waals surface area contributed by atoms with E-state index in [9.17, 15) is 9.59 Å². The molecule has 184 valence electrons. The summed E-state index contributed by atoms with van der Waals surface area (Å²) in [6.45, 7) is 2.78. The van der Waals surface area contributed by atoms with Gasteiger partial charge >= 0.3 is 0 Å². The molecule has 2 aromatic carbocycles. The van der Waals surface area contributed by atoms with Crippen LogP contribution in [-0.4, -0.2) is 72.3 Å². The average molecular weight is 521 g/mol. The smallest absolute Gasteiger partial charge is 0.286 e. The maximum absolute atomic E-state index is 12.5. The molecule has 5 rings (SSSR count). The lowest BCUT2D eigenvalue weighted by Crippen LogP contribution is -2.49. The second kappa shape index (κ2) is 10.6. The molecule has 8 nitrogen and oxygen atoms in total. The third-order valence-electron chi connectivity index (χ3n) is 5.87. The number of carbonyl (C=O) groups is 2. The molecule has 0 saturated carbocycles. The zero-order chi connectivity index (χ0) is 25.1. The van der Waals surface area contributed by atoms with Gasteiger partial charge in [-0.3, -0.25) is 9.59 Å².